The fourth-order valence-corrected chi connectivity index (χ4v) is 9.17. The van der Waals surface area contributed by atoms with Crippen LogP contribution in [0.15, 0.2) is 188 Å². The van der Waals surface area contributed by atoms with Crippen LogP contribution in [0.3, 0.4) is 0 Å². The Morgan fingerprint density at radius 3 is 1.62 bits per heavy atom. The van der Waals surface area contributed by atoms with Crippen molar-refractivity contribution in [1.82, 2.24) is 0 Å². The van der Waals surface area contributed by atoms with E-state index in [1.54, 1.807) is 12.1 Å². The zero-order valence-corrected chi connectivity index (χ0v) is 31.2. The predicted octanol–water partition coefficient (Wildman–Crippen LogP) is 14.3. The maximum absolute atomic E-state index is 15.6. The van der Waals surface area contributed by atoms with Crippen molar-refractivity contribution in [2.45, 2.75) is 31.6 Å². The van der Waals surface area contributed by atoms with Crippen molar-refractivity contribution < 1.29 is 4.39 Å². The Labute approximate surface area is 323 Å². The third-order valence-electron chi connectivity index (χ3n) is 11.7. The summed E-state index contributed by atoms with van der Waals surface area (Å²) in [7, 11) is 0. The predicted molar refractivity (Wildman–Crippen MR) is 227 cm³/mol. The number of fused-ring (bicyclic) bond motifs is 10. The number of hydrogen-bond acceptors (Lipinski definition) is 1. The summed E-state index contributed by atoms with van der Waals surface area (Å²) < 4.78 is 15.6. The van der Waals surface area contributed by atoms with E-state index in [1.165, 1.54) is 44.5 Å². The number of rotatable bonds is 5. The highest BCUT2D eigenvalue weighted by Crippen LogP contribution is 2.65. The van der Waals surface area contributed by atoms with Gasteiger partial charge in [0.25, 0.3) is 0 Å². The number of para-hydroxylation sites is 1. The second-order valence-electron chi connectivity index (χ2n) is 15.9. The molecule has 0 fully saturated rings. The molecule has 2 heteroatoms. The third kappa shape index (κ3) is 5.12. The first-order chi connectivity index (χ1) is 26.8. The summed E-state index contributed by atoms with van der Waals surface area (Å²) in [5, 5.41) is 0. The molecule has 1 atom stereocenters. The quantitative estimate of drug-likeness (QED) is 0.172. The summed E-state index contributed by atoms with van der Waals surface area (Å²) >= 11 is 0. The molecule has 10 rings (SSSR count). The molecule has 1 spiro atoms. The van der Waals surface area contributed by atoms with Crippen LogP contribution >= 0.6 is 0 Å². The zero-order valence-electron chi connectivity index (χ0n) is 31.2. The van der Waals surface area contributed by atoms with Crippen molar-refractivity contribution >= 4 is 17.1 Å². The second kappa shape index (κ2) is 12.5. The summed E-state index contributed by atoms with van der Waals surface area (Å²) in [6.45, 7) is 6.80. The van der Waals surface area contributed by atoms with E-state index in [2.05, 4.69) is 196 Å². The van der Waals surface area contributed by atoms with Gasteiger partial charge < -0.3 is 4.90 Å². The lowest BCUT2D eigenvalue weighted by Crippen LogP contribution is -2.27. The molecule has 0 aromatic heterocycles. The van der Waals surface area contributed by atoms with Crippen LogP contribution < -0.4 is 4.90 Å². The molecule has 0 N–H and O–H groups in total. The lowest BCUT2D eigenvalue weighted by molar-refractivity contribution is 0.588. The molecule has 0 aliphatic heterocycles. The molecule has 0 heterocycles. The van der Waals surface area contributed by atoms with E-state index in [4.69, 9.17) is 0 Å². The van der Waals surface area contributed by atoms with E-state index in [-0.39, 0.29) is 11.2 Å². The van der Waals surface area contributed by atoms with E-state index in [1.807, 2.05) is 6.07 Å². The van der Waals surface area contributed by atoms with Gasteiger partial charge in [-0.05, 0) is 126 Å². The van der Waals surface area contributed by atoms with Gasteiger partial charge >= 0.3 is 0 Å². The maximum Gasteiger partial charge on any atom is 0.123 e. The molecule has 8 aromatic rings. The van der Waals surface area contributed by atoms with Crippen molar-refractivity contribution in [2.24, 2.45) is 0 Å². The fourth-order valence-electron chi connectivity index (χ4n) is 9.17. The van der Waals surface area contributed by atoms with E-state index in [0.29, 0.717) is 0 Å². The Kier molecular flexibility index (Phi) is 7.54. The number of anilines is 3. The van der Waals surface area contributed by atoms with Gasteiger partial charge in [-0.1, -0.05) is 160 Å². The Morgan fingerprint density at radius 2 is 0.909 bits per heavy atom. The maximum atomic E-state index is 15.6. The minimum Gasteiger partial charge on any atom is -0.311 e. The molecule has 0 saturated heterocycles. The topological polar surface area (TPSA) is 3.24 Å². The van der Waals surface area contributed by atoms with Crippen molar-refractivity contribution in [2.75, 3.05) is 4.90 Å². The van der Waals surface area contributed by atoms with Crippen LogP contribution in [0.2, 0.25) is 0 Å². The normalized spacial score (nSPS) is 15.0. The first kappa shape index (κ1) is 33.1. The third-order valence-corrected chi connectivity index (χ3v) is 11.7. The van der Waals surface area contributed by atoms with Gasteiger partial charge in [0, 0.05) is 17.1 Å². The van der Waals surface area contributed by atoms with Crippen LogP contribution in [0.5, 0.6) is 0 Å². The lowest BCUT2D eigenvalue weighted by atomic mass is 9.68. The number of nitrogens with zero attached hydrogens (tertiary/aromatic N) is 1. The molecule has 55 heavy (non-hydrogen) atoms. The first-order valence-electron chi connectivity index (χ1n) is 19.1. The van der Waals surface area contributed by atoms with Gasteiger partial charge in [0.15, 0.2) is 0 Å². The van der Waals surface area contributed by atoms with Crippen LogP contribution in [0.25, 0.3) is 44.5 Å². The number of halogens is 1. The molecule has 2 aliphatic rings. The average molecular weight is 710 g/mol. The van der Waals surface area contributed by atoms with Crippen LogP contribution in [0, 0.1) is 5.82 Å². The fraction of sp³-hybridized carbons (Fsp3) is 0.0943. The Hall–Kier alpha value is -6.51. The molecule has 0 radical (unpaired) electrons. The minimum absolute atomic E-state index is 0.0565. The summed E-state index contributed by atoms with van der Waals surface area (Å²) in [4.78, 5) is 2.31. The Morgan fingerprint density at radius 1 is 0.400 bits per heavy atom. The van der Waals surface area contributed by atoms with E-state index in [9.17, 15) is 0 Å². The van der Waals surface area contributed by atoms with Gasteiger partial charge in [-0.2, -0.15) is 0 Å². The summed E-state index contributed by atoms with van der Waals surface area (Å²) in [6, 6.07) is 66.6. The molecular formula is C53H40FN. The molecule has 1 unspecified atom stereocenters. The van der Waals surface area contributed by atoms with E-state index in [0.717, 1.165) is 44.9 Å². The van der Waals surface area contributed by atoms with Gasteiger partial charge in [-0.15, -0.1) is 0 Å². The molecule has 0 bridgehead atoms. The van der Waals surface area contributed by atoms with Gasteiger partial charge in [0.2, 0.25) is 0 Å². The Balaban J connectivity index is 1.15. The minimum atomic E-state index is -0.675. The largest absolute Gasteiger partial charge is 0.311 e. The van der Waals surface area contributed by atoms with Crippen LogP contribution in [-0.4, -0.2) is 0 Å². The second-order valence-corrected chi connectivity index (χ2v) is 15.9. The van der Waals surface area contributed by atoms with Gasteiger partial charge in [0.1, 0.15) is 5.82 Å². The molecule has 2 aliphatic carbocycles. The van der Waals surface area contributed by atoms with Crippen molar-refractivity contribution in [3.8, 4) is 44.5 Å². The zero-order chi connectivity index (χ0) is 37.3. The van der Waals surface area contributed by atoms with E-state index >= 15 is 4.39 Å². The summed E-state index contributed by atoms with van der Waals surface area (Å²) in [5.41, 5.74) is 17.8. The van der Waals surface area contributed by atoms with Gasteiger partial charge in [0.05, 0.1) is 5.41 Å². The number of benzene rings is 8. The summed E-state index contributed by atoms with van der Waals surface area (Å²) in [6.07, 6.45) is 0. The van der Waals surface area contributed by atoms with Gasteiger partial charge in [-0.3, -0.25) is 0 Å². The van der Waals surface area contributed by atoms with Crippen molar-refractivity contribution in [1.29, 1.82) is 0 Å². The molecule has 264 valence electrons. The smallest absolute Gasteiger partial charge is 0.123 e. The standard InChI is InChI=1S/C53H40FN/c1-52(2,3)38-25-31-45-44-17-10-11-20-48(44)53(49(45)33-38)50-34-39(54)26-32-46(50)47-19-12-18-43(51(47)53)37-23-29-42(30-24-37)55(40-15-8-5-9-16-40)41-27-21-36(22-28-41)35-13-6-4-7-14-35/h4-34H,1-3H3. The average Bonchev–Trinajstić information content (AvgIpc) is 3.68. The molecule has 0 saturated carbocycles. The highest BCUT2D eigenvalue weighted by atomic mass is 19.1. The monoisotopic (exact) mass is 709 g/mol. The van der Waals surface area contributed by atoms with Gasteiger partial charge in [-0.25, -0.2) is 4.39 Å². The molecule has 1 nitrogen and oxygen atoms in total. The molecule has 8 aromatic carbocycles. The summed E-state index contributed by atoms with van der Waals surface area (Å²) in [5.74, 6) is -0.215. The van der Waals surface area contributed by atoms with Crippen LogP contribution in [0.1, 0.15) is 48.6 Å². The molecular weight excluding hydrogens is 670 g/mol. The van der Waals surface area contributed by atoms with Crippen LogP contribution in [0.4, 0.5) is 21.5 Å². The highest BCUT2D eigenvalue weighted by molar-refractivity contribution is 5.99. The first-order valence-corrected chi connectivity index (χ1v) is 19.1. The van der Waals surface area contributed by atoms with Crippen molar-refractivity contribution in [3.63, 3.8) is 0 Å². The lowest BCUT2D eigenvalue weighted by Gasteiger charge is -2.33. The van der Waals surface area contributed by atoms with Crippen molar-refractivity contribution in [3.05, 3.63) is 222 Å². The highest BCUT2D eigenvalue weighted by Gasteiger charge is 2.53. The SMILES string of the molecule is CC(C)(C)c1ccc2c(c1)C1(c3ccccc3-2)c2cc(F)ccc2-c2cccc(-c3ccc(N(c4ccccc4)c4ccc(-c5ccccc5)cc4)cc3)c21. The van der Waals surface area contributed by atoms with E-state index < -0.39 is 5.41 Å². The molecule has 0 amide bonds. The van der Waals surface area contributed by atoms with Crippen LogP contribution in [-0.2, 0) is 10.8 Å². The number of hydrogen-bond donors (Lipinski definition) is 0. The Bertz CT molecular complexity index is 2720.